The molecule has 0 atom stereocenters. The molecule has 1 N–H and O–H groups in total. The minimum absolute atomic E-state index is 0.203. The van der Waals surface area contributed by atoms with Gasteiger partial charge in [-0.2, -0.15) is 10.2 Å². The number of hydrogen-bond donors (Lipinski definition) is 1. The van der Waals surface area contributed by atoms with Gasteiger partial charge in [-0.05, 0) is 33.3 Å². The van der Waals surface area contributed by atoms with Gasteiger partial charge in [0.25, 0.3) is 5.91 Å². The molecule has 3 aromatic heterocycles. The Morgan fingerprint density at radius 2 is 1.81 bits per heavy atom. The Morgan fingerprint density at radius 3 is 2.48 bits per heavy atom. The summed E-state index contributed by atoms with van der Waals surface area (Å²) in [5, 5.41) is 16.2. The summed E-state index contributed by atoms with van der Waals surface area (Å²) in [5.74, 6) is 0.608. The van der Waals surface area contributed by atoms with Gasteiger partial charge in [0.05, 0.1) is 29.5 Å². The van der Waals surface area contributed by atoms with E-state index in [9.17, 15) is 4.79 Å². The van der Waals surface area contributed by atoms with Crippen LogP contribution >= 0.6 is 11.6 Å². The summed E-state index contributed by atoms with van der Waals surface area (Å²) >= 11 is 6.24. The zero-order valence-corrected chi connectivity index (χ0v) is 18.6. The number of amides is 1. The number of carbonyl (C=O) groups is 1. The van der Waals surface area contributed by atoms with Crippen LogP contribution < -0.4 is 5.32 Å². The Labute approximate surface area is 184 Å². The standard InChI is InChI=1S/C22H23ClN6O2/c1-13-5-7-17(8-6-13)11-28-10-9-19(26-28)24-22(30)21-18(16(4)31-27-21)12-29-15(3)20(23)14(2)25-29/h5-10H,11-12H2,1-4H3,(H,24,26,30). The van der Waals surface area contributed by atoms with Crippen molar-refractivity contribution in [3.05, 3.63) is 81.1 Å². The number of nitrogens with one attached hydrogen (secondary N) is 1. The number of benzene rings is 1. The second-order valence-electron chi connectivity index (χ2n) is 7.55. The molecule has 0 aliphatic rings. The summed E-state index contributed by atoms with van der Waals surface area (Å²) in [6, 6.07) is 9.99. The second kappa shape index (κ2) is 8.39. The molecule has 0 spiro atoms. The molecule has 0 bridgehead atoms. The fourth-order valence-electron chi connectivity index (χ4n) is 3.31. The van der Waals surface area contributed by atoms with Crippen molar-refractivity contribution >= 4 is 23.3 Å². The third-order valence-electron chi connectivity index (χ3n) is 5.15. The highest BCUT2D eigenvalue weighted by atomic mass is 35.5. The predicted octanol–water partition coefficient (Wildman–Crippen LogP) is 4.30. The number of carbonyl (C=O) groups excluding carboxylic acids is 1. The third-order valence-corrected chi connectivity index (χ3v) is 5.70. The van der Waals surface area contributed by atoms with Crippen LogP contribution in [0.2, 0.25) is 5.02 Å². The Kier molecular flexibility index (Phi) is 5.65. The van der Waals surface area contributed by atoms with Crippen LogP contribution in [0.25, 0.3) is 0 Å². The molecule has 0 fully saturated rings. The maximum Gasteiger partial charge on any atom is 0.279 e. The van der Waals surface area contributed by atoms with Crippen LogP contribution in [0, 0.1) is 27.7 Å². The SMILES string of the molecule is Cc1ccc(Cn2ccc(NC(=O)c3noc(C)c3Cn3nc(C)c(Cl)c3C)n2)cc1. The van der Waals surface area contributed by atoms with Gasteiger partial charge < -0.3 is 9.84 Å². The lowest BCUT2D eigenvalue weighted by Crippen LogP contribution is -2.17. The Morgan fingerprint density at radius 1 is 1.06 bits per heavy atom. The van der Waals surface area contributed by atoms with Gasteiger partial charge >= 0.3 is 0 Å². The van der Waals surface area contributed by atoms with Gasteiger partial charge in [-0.3, -0.25) is 14.2 Å². The molecule has 0 aliphatic carbocycles. The first-order chi connectivity index (χ1) is 14.8. The van der Waals surface area contributed by atoms with Crippen molar-refractivity contribution in [1.82, 2.24) is 24.7 Å². The molecule has 3 heterocycles. The average Bonchev–Trinajstić information content (AvgIpc) is 3.40. The van der Waals surface area contributed by atoms with Crippen molar-refractivity contribution in [3.63, 3.8) is 0 Å². The lowest BCUT2D eigenvalue weighted by molar-refractivity contribution is 0.101. The smallest absolute Gasteiger partial charge is 0.279 e. The molecule has 0 saturated heterocycles. The summed E-state index contributed by atoms with van der Waals surface area (Å²) < 4.78 is 8.80. The third kappa shape index (κ3) is 4.39. The van der Waals surface area contributed by atoms with Crippen LogP contribution in [0.15, 0.2) is 41.1 Å². The molecule has 0 radical (unpaired) electrons. The average molecular weight is 439 g/mol. The molecular formula is C22H23ClN6O2. The largest absolute Gasteiger partial charge is 0.361 e. The van der Waals surface area contributed by atoms with Crippen molar-refractivity contribution in [2.45, 2.75) is 40.8 Å². The molecule has 31 heavy (non-hydrogen) atoms. The summed E-state index contributed by atoms with van der Waals surface area (Å²) in [6.07, 6.45) is 1.82. The topological polar surface area (TPSA) is 90.8 Å². The first kappa shape index (κ1) is 20.9. The van der Waals surface area contributed by atoms with Crippen molar-refractivity contribution in [2.24, 2.45) is 0 Å². The summed E-state index contributed by atoms with van der Waals surface area (Å²) in [7, 11) is 0. The molecule has 0 aliphatic heterocycles. The van der Waals surface area contributed by atoms with E-state index in [2.05, 4.69) is 51.9 Å². The monoisotopic (exact) mass is 438 g/mol. The lowest BCUT2D eigenvalue weighted by atomic mass is 10.1. The molecule has 4 rings (SSSR count). The van der Waals surface area contributed by atoms with Crippen molar-refractivity contribution in [2.75, 3.05) is 5.32 Å². The van der Waals surface area contributed by atoms with Crippen molar-refractivity contribution < 1.29 is 9.32 Å². The van der Waals surface area contributed by atoms with Gasteiger partial charge in [0.1, 0.15) is 5.76 Å². The molecule has 4 aromatic rings. The highest BCUT2D eigenvalue weighted by molar-refractivity contribution is 6.31. The van der Waals surface area contributed by atoms with Crippen LogP contribution in [-0.4, -0.2) is 30.6 Å². The van der Waals surface area contributed by atoms with E-state index >= 15 is 0 Å². The van der Waals surface area contributed by atoms with E-state index in [-0.39, 0.29) is 11.6 Å². The van der Waals surface area contributed by atoms with Gasteiger partial charge in [-0.1, -0.05) is 46.6 Å². The summed E-state index contributed by atoms with van der Waals surface area (Å²) in [4.78, 5) is 12.9. The zero-order valence-electron chi connectivity index (χ0n) is 17.8. The fraction of sp³-hybridized carbons (Fsp3) is 0.273. The molecule has 1 amide bonds. The van der Waals surface area contributed by atoms with Crippen LogP contribution in [0.5, 0.6) is 0 Å². The van der Waals surface area contributed by atoms with Gasteiger partial charge in [-0.25, -0.2) is 0 Å². The molecular weight excluding hydrogens is 416 g/mol. The Balaban J connectivity index is 1.49. The number of anilines is 1. The number of aromatic nitrogens is 5. The normalized spacial score (nSPS) is 11.1. The van der Waals surface area contributed by atoms with E-state index in [1.807, 2.05) is 20.0 Å². The van der Waals surface area contributed by atoms with Crippen LogP contribution in [-0.2, 0) is 13.1 Å². The number of halogens is 1. The maximum absolute atomic E-state index is 12.9. The van der Waals surface area contributed by atoms with E-state index in [1.165, 1.54) is 5.56 Å². The first-order valence-electron chi connectivity index (χ1n) is 9.87. The van der Waals surface area contributed by atoms with Crippen LogP contribution in [0.1, 0.15) is 44.3 Å². The Bertz CT molecular complexity index is 1240. The number of rotatable bonds is 6. The fourth-order valence-corrected chi connectivity index (χ4v) is 3.44. The van der Waals surface area contributed by atoms with Crippen LogP contribution in [0.3, 0.4) is 0 Å². The first-order valence-corrected chi connectivity index (χ1v) is 10.2. The molecule has 0 unspecified atom stereocenters. The maximum atomic E-state index is 12.9. The summed E-state index contributed by atoms with van der Waals surface area (Å²) in [5.41, 5.74) is 4.75. The highest BCUT2D eigenvalue weighted by Crippen LogP contribution is 2.22. The van der Waals surface area contributed by atoms with Crippen molar-refractivity contribution in [3.8, 4) is 0 Å². The summed E-state index contributed by atoms with van der Waals surface area (Å²) in [6.45, 7) is 8.48. The highest BCUT2D eigenvalue weighted by Gasteiger charge is 2.22. The van der Waals surface area contributed by atoms with Crippen molar-refractivity contribution in [1.29, 1.82) is 0 Å². The van der Waals surface area contributed by atoms with E-state index in [0.29, 0.717) is 35.3 Å². The van der Waals surface area contributed by atoms with E-state index in [1.54, 1.807) is 22.4 Å². The molecule has 1 aromatic carbocycles. The molecule has 160 valence electrons. The van der Waals surface area contributed by atoms with E-state index in [0.717, 1.165) is 17.0 Å². The van der Waals surface area contributed by atoms with Gasteiger partial charge in [0.15, 0.2) is 11.5 Å². The second-order valence-corrected chi connectivity index (χ2v) is 7.92. The lowest BCUT2D eigenvalue weighted by Gasteiger charge is -2.06. The van der Waals surface area contributed by atoms with E-state index in [4.69, 9.17) is 16.1 Å². The quantitative estimate of drug-likeness (QED) is 0.484. The minimum atomic E-state index is -0.389. The van der Waals surface area contributed by atoms with Crippen LogP contribution in [0.4, 0.5) is 5.82 Å². The Hall–Kier alpha value is -3.39. The molecule has 9 heteroatoms. The van der Waals surface area contributed by atoms with Gasteiger partial charge in [0, 0.05) is 17.8 Å². The number of nitrogens with zero attached hydrogens (tertiary/aromatic N) is 5. The molecule has 0 saturated carbocycles. The molecule has 8 nitrogen and oxygen atoms in total. The zero-order chi connectivity index (χ0) is 22.1. The van der Waals surface area contributed by atoms with Gasteiger partial charge in [0.2, 0.25) is 0 Å². The van der Waals surface area contributed by atoms with Gasteiger partial charge in [-0.15, -0.1) is 0 Å². The number of hydrogen-bond acceptors (Lipinski definition) is 5. The number of aryl methyl sites for hydroxylation is 3. The predicted molar refractivity (Wildman–Crippen MR) is 118 cm³/mol. The minimum Gasteiger partial charge on any atom is -0.361 e. The van der Waals surface area contributed by atoms with E-state index < -0.39 is 0 Å².